The third kappa shape index (κ3) is 3.02. The van der Waals surface area contributed by atoms with Crippen LogP contribution < -0.4 is 5.32 Å². The van der Waals surface area contributed by atoms with Gasteiger partial charge in [0.05, 0.1) is 5.69 Å². The largest absolute Gasteiger partial charge is 0.308 e. The first-order valence-corrected chi connectivity index (χ1v) is 7.49. The summed E-state index contributed by atoms with van der Waals surface area (Å²) in [6, 6.07) is 12.9. The Hall–Kier alpha value is -1.38. The van der Waals surface area contributed by atoms with Crippen LogP contribution in [0.3, 0.4) is 0 Å². The number of nitrogens with one attached hydrogen (secondary N) is 1. The average Bonchev–Trinajstić information content (AvgIpc) is 2.39. The molecule has 1 saturated carbocycles. The molecule has 2 nitrogen and oxygen atoms in total. The van der Waals surface area contributed by atoms with Gasteiger partial charge in [0.25, 0.3) is 0 Å². The third-order valence-corrected chi connectivity index (χ3v) is 4.37. The molecule has 3 heteroatoms. The van der Waals surface area contributed by atoms with Crippen molar-refractivity contribution >= 4 is 11.6 Å². The molecule has 0 saturated heterocycles. The number of pyridine rings is 1. The second-order valence-electron chi connectivity index (χ2n) is 5.57. The zero-order valence-electron chi connectivity index (χ0n) is 11.6. The predicted octanol–water partition coefficient (Wildman–Crippen LogP) is 4.08. The molecule has 1 N–H and O–H groups in total. The number of hydrogen-bond acceptors (Lipinski definition) is 2. The van der Waals surface area contributed by atoms with Gasteiger partial charge in [0.1, 0.15) is 0 Å². The molecule has 20 heavy (non-hydrogen) atoms. The molecule has 0 atom stereocenters. The van der Waals surface area contributed by atoms with Crippen molar-refractivity contribution in [3.05, 3.63) is 64.4 Å². The van der Waals surface area contributed by atoms with Crippen molar-refractivity contribution in [1.82, 2.24) is 10.3 Å². The van der Waals surface area contributed by atoms with Crippen molar-refractivity contribution in [1.29, 1.82) is 0 Å². The number of hydrogen-bond donors (Lipinski definition) is 1. The first-order valence-electron chi connectivity index (χ1n) is 7.11. The molecule has 0 amide bonds. The molecule has 1 aromatic carbocycles. The van der Waals surface area contributed by atoms with E-state index < -0.39 is 0 Å². The zero-order chi connectivity index (χ0) is 13.9. The highest BCUT2D eigenvalue weighted by atomic mass is 35.5. The molecule has 1 aromatic heterocycles. The van der Waals surface area contributed by atoms with Crippen LogP contribution in [0, 0.1) is 6.92 Å². The van der Waals surface area contributed by atoms with E-state index in [0.29, 0.717) is 12.0 Å². The highest BCUT2D eigenvalue weighted by molar-refractivity contribution is 6.30. The van der Waals surface area contributed by atoms with Crippen LogP contribution in [0.1, 0.15) is 35.6 Å². The summed E-state index contributed by atoms with van der Waals surface area (Å²) < 4.78 is 0. The Bertz CT molecular complexity index is 591. The molecular weight excluding hydrogens is 268 g/mol. The topological polar surface area (TPSA) is 24.9 Å². The monoisotopic (exact) mass is 286 g/mol. The molecule has 0 radical (unpaired) electrons. The molecule has 3 rings (SSSR count). The maximum atomic E-state index is 6.04. The Morgan fingerprint density at radius 1 is 1.25 bits per heavy atom. The van der Waals surface area contributed by atoms with Crippen LogP contribution in [-0.4, -0.2) is 11.0 Å². The lowest BCUT2D eigenvalue weighted by atomic mass is 9.76. The lowest BCUT2D eigenvalue weighted by Gasteiger charge is -2.36. The number of aromatic nitrogens is 1. The van der Waals surface area contributed by atoms with Crippen LogP contribution >= 0.6 is 11.6 Å². The third-order valence-electron chi connectivity index (χ3n) is 4.13. The molecule has 0 aliphatic heterocycles. The Labute approximate surface area is 125 Å². The van der Waals surface area contributed by atoms with Gasteiger partial charge in [-0.3, -0.25) is 4.98 Å². The van der Waals surface area contributed by atoms with Gasteiger partial charge in [-0.25, -0.2) is 0 Å². The lowest BCUT2D eigenvalue weighted by Crippen LogP contribution is -2.39. The number of rotatable bonds is 4. The summed E-state index contributed by atoms with van der Waals surface area (Å²) in [5.41, 5.74) is 3.77. The molecule has 1 aliphatic carbocycles. The smallest absolute Gasteiger partial charge is 0.0570 e. The summed E-state index contributed by atoms with van der Waals surface area (Å²) in [6.07, 6.45) is 4.23. The molecule has 2 aromatic rings. The molecule has 104 valence electrons. The maximum absolute atomic E-state index is 6.04. The predicted molar refractivity (Wildman–Crippen MR) is 83.0 cm³/mol. The fourth-order valence-electron chi connectivity index (χ4n) is 2.76. The second kappa shape index (κ2) is 5.94. The maximum Gasteiger partial charge on any atom is 0.0570 e. The van der Waals surface area contributed by atoms with Gasteiger partial charge in [-0.1, -0.05) is 29.8 Å². The van der Waals surface area contributed by atoms with E-state index in [4.69, 9.17) is 11.6 Å². The van der Waals surface area contributed by atoms with Gasteiger partial charge in [0.2, 0.25) is 0 Å². The molecule has 0 unspecified atom stereocenters. The van der Waals surface area contributed by atoms with E-state index in [0.717, 1.165) is 17.3 Å². The number of benzene rings is 1. The van der Waals surface area contributed by atoms with Crippen molar-refractivity contribution in [2.24, 2.45) is 0 Å². The SMILES string of the molecule is Cc1cccnc1CNC1CC(c2cccc(Cl)c2)C1. The molecule has 1 fully saturated rings. The summed E-state index contributed by atoms with van der Waals surface area (Å²) in [4.78, 5) is 4.42. The molecule has 0 spiro atoms. The number of aryl methyl sites for hydroxylation is 1. The number of halogens is 1. The second-order valence-corrected chi connectivity index (χ2v) is 6.00. The summed E-state index contributed by atoms with van der Waals surface area (Å²) in [5.74, 6) is 0.649. The van der Waals surface area contributed by atoms with Gasteiger partial charge in [0, 0.05) is 23.8 Å². The molecule has 1 heterocycles. The van der Waals surface area contributed by atoms with Crippen LogP contribution in [0.4, 0.5) is 0 Å². The van der Waals surface area contributed by atoms with Crippen molar-refractivity contribution in [2.45, 2.75) is 38.3 Å². The standard InChI is InChI=1S/C17H19ClN2/c1-12-4-3-7-19-17(12)11-20-16-9-14(10-16)13-5-2-6-15(18)8-13/h2-8,14,16,20H,9-11H2,1H3. The van der Waals surface area contributed by atoms with Crippen molar-refractivity contribution in [3.63, 3.8) is 0 Å². The van der Waals surface area contributed by atoms with Crippen LogP contribution in [-0.2, 0) is 6.54 Å². The van der Waals surface area contributed by atoms with Crippen LogP contribution in [0.15, 0.2) is 42.6 Å². The van der Waals surface area contributed by atoms with Crippen molar-refractivity contribution < 1.29 is 0 Å². The van der Waals surface area contributed by atoms with E-state index in [1.54, 1.807) is 0 Å². The fraction of sp³-hybridized carbons (Fsp3) is 0.353. The van der Waals surface area contributed by atoms with Crippen molar-refractivity contribution in [2.75, 3.05) is 0 Å². The minimum absolute atomic E-state index is 0.598. The summed E-state index contributed by atoms with van der Waals surface area (Å²) in [6.45, 7) is 2.97. The Morgan fingerprint density at radius 2 is 2.10 bits per heavy atom. The van der Waals surface area contributed by atoms with E-state index in [-0.39, 0.29) is 0 Å². The first kappa shape index (κ1) is 13.6. The van der Waals surface area contributed by atoms with Crippen LogP contribution in [0.25, 0.3) is 0 Å². The van der Waals surface area contributed by atoms with Crippen LogP contribution in [0.5, 0.6) is 0 Å². The average molecular weight is 287 g/mol. The van der Waals surface area contributed by atoms with Gasteiger partial charge in [-0.05, 0) is 55.0 Å². The van der Waals surface area contributed by atoms with Gasteiger partial charge in [-0.15, -0.1) is 0 Å². The first-order chi connectivity index (χ1) is 9.72. The molecule has 0 bridgehead atoms. The van der Waals surface area contributed by atoms with E-state index in [1.807, 2.05) is 24.4 Å². The number of nitrogens with zero attached hydrogens (tertiary/aromatic N) is 1. The van der Waals surface area contributed by atoms with E-state index in [1.165, 1.54) is 24.0 Å². The Kier molecular flexibility index (Phi) is 4.04. The highest BCUT2D eigenvalue weighted by Gasteiger charge is 2.29. The fourth-order valence-corrected chi connectivity index (χ4v) is 2.96. The molecule has 1 aliphatic rings. The van der Waals surface area contributed by atoms with Gasteiger partial charge in [-0.2, -0.15) is 0 Å². The summed E-state index contributed by atoms with van der Waals surface area (Å²) in [5, 5.41) is 4.43. The van der Waals surface area contributed by atoms with Crippen molar-refractivity contribution in [3.8, 4) is 0 Å². The Balaban J connectivity index is 1.50. The Morgan fingerprint density at radius 3 is 2.85 bits per heavy atom. The van der Waals surface area contributed by atoms with E-state index in [9.17, 15) is 0 Å². The minimum Gasteiger partial charge on any atom is -0.308 e. The minimum atomic E-state index is 0.598. The normalized spacial score (nSPS) is 21.5. The van der Waals surface area contributed by atoms with Gasteiger partial charge < -0.3 is 5.32 Å². The van der Waals surface area contributed by atoms with E-state index >= 15 is 0 Å². The molecular formula is C17H19ClN2. The van der Waals surface area contributed by atoms with E-state index in [2.05, 4.69) is 35.4 Å². The summed E-state index contributed by atoms with van der Waals surface area (Å²) >= 11 is 6.04. The summed E-state index contributed by atoms with van der Waals surface area (Å²) in [7, 11) is 0. The van der Waals surface area contributed by atoms with Gasteiger partial charge in [0.15, 0.2) is 0 Å². The highest BCUT2D eigenvalue weighted by Crippen LogP contribution is 2.37. The lowest BCUT2D eigenvalue weighted by molar-refractivity contribution is 0.288. The van der Waals surface area contributed by atoms with Gasteiger partial charge >= 0.3 is 0 Å². The van der Waals surface area contributed by atoms with Crippen LogP contribution in [0.2, 0.25) is 5.02 Å². The quantitative estimate of drug-likeness (QED) is 0.916. The zero-order valence-corrected chi connectivity index (χ0v) is 12.4.